The quantitative estimate of drug-likeness (QED) is 0.697. The first kappa shape index (κ1) is 21.2. The van der Waals surface area contributed by atoms with Crippen LogP contribution >= 0.6 is 0 Å². The lowest BCUT2D eigenvalue weighted by Gasteiger charge is -2.26. The molecule has 164 valence electrons. The summed E-state index contributed by atoms with van der Waals surface area (Å²) < 4.78 is 5.39. The molecule has 2 amide bonds. The second-order valence-electron chi connectivity index (χ2n) is 8.39. The summed E-state index contributed by atoms with van der Waals surface area (Å²) in [6.45, 7) is 2.24. The van der Waals surface area contributed by atoms with Crippen molar-refractivity contribution in [3.05, 3.63) is 53.6 Å². The number of hydrogen-bond acceptors (Lipinski definition) is 4. The molecule has 1 saturated heterocycles. The highest BCUT2D eigenvalue weighted by molar-refractivity contribution is 6.02. The fourth-order valence-electron chi connectivity index (χ4n) is 4.08. The number of nitrogens with one attached hydrogen (secondary N) is 2. The summed E-state index contributed by atoms with van der Waals surface area (Å²) in [6.07, 6.45) is 6.58. The highest BCUT2D eigenvalue weighted by Crippen LogP contribution is 2.32. The molecule has 1 aliphatic heterocycles. The molecule has 6 heteroatoms. The lowest BCUT2D eigenvalue weighted by atomic mass is 10.1. The standard InChI is InChI=1S/C25H31N3O3/c1-31-23-9-5-4-8-19(23)17-26-25(30)21-13-12-20(27-24(29)18-10-11-18)16-22(21)28-14-6-2-3-7-15-28/h4-5,8-9,12-13,16,18H,2-3,6-7,10-11,14-15,17H2,1H3,(H,26,30)(H,27,29). The highest BCUT2D eigenvalue weighted by Gasteiger charge is 2.30. The van der Waals surface area contributed by atoms with Gasteiger partial charge in [0, 0.05) is 36.8 Å². The van der Waals surface area contributed by atoms with Crippen LogP contribution in [0.5, 0.6) is 5.75 Å². The molecule has 2 fully saturated rings. The van der Waals surface area contributed by atoms with Gasteiger partial charge in [-0.3, -0.25) is 9.59 Å². The van der Waals surface area contributed by atoms with Crippen molar-refractivity contribution in [1.29, 1.82) is 0 Å². The van der Waals surface area contributed by atoms with Crippen molar-refractivity contribution in [3.8, 4) is 5.75 Å². The van der Waals surface area contributed by atoms with Crippen LogP contribution in [0.25, 0.3) is 0 Å². The Kier molecular flexibility index (Phi) is 6.75. The zero-order valence-electron chi connectivity index (χ0n) is 18.2. The molecule has 0 radical (unpaired) electrons. The molecule has 4 rings (SSSR count). The van der Waals surface area contributed by atoms with Gasteiger partial charge in [0.25, 0.3) is 5.91 Å². The number of methoxy groups -OCH3 is 1. The first-order valence-corrected chi connectivity index (χ1v) is 11.3. The Balaban J connectivity index is 1.55. The van der Waals surface area contributed by atoms with E-state index >= 15 is 0 Å². The summed E-state index contributed by atoms with van der Waals surface area (Å²) >= 11 is 0. The monoisotopic (exact) mass is 421 g/mol. The Bertz CT molecular complexity index is 931. The molecule has 0 unspecified atom stereocenters. The van der Waals surface area contributed by atoms with E-state index in [0.717, 1.165) is 61.5 Å². The van der Waals surface area contributed by atoms with E-state index < -0.39 is 0 Å². The van der Waals surface area contributed by atoms with Crippen LogP contribution in [0.4, 0.5) is 11.4 Å². The second-order valence-corrected chi connectivity index (χ2v) is 8.39. The lowest BCUT2D eigenvalue weighted by molar-refractivity contribution is -0.117. The molecular weight excluding hydrogens is 390 g/mol. The van der Waals surface area contributed by atoms with Crippen LogP contribution in [0.2, 0.25) is 0 Å². The van der Waals surface area contributed by atoms with Crippen molar-refractivity contribution in [3.63, 3.8) is 0 Å². The van der Waals surface area contributed by atoms with Crippen LogP contribution in [0.15, 0.2) is 42.5 Å². The van der Waals surface area contributed by atoms with Gasteiger partial charge in [-0.15, -0.1) is 0 Å². The number of carbonyl (C=O) groups is 2. The van der Waals surface area contributed by atoms with Crippen LogP contribution < -0.4 is 20.3 Å². The number of para-hydroxylation sites is 1. The van der Waals surface area contributed by atoms with Gasteiger partial charge in [-0.05, 0) is 49.9 Å². The fraction of sp³-hybridized carbons (Fsp3) is 0.440. The third kappa shape index (κ3) is 5.37. The minimum atomic E-state index is -0.120. The van der Waals surface area contributed by atoms with Crippen LogP contribution in [-0.2, 0) is 11.3 Å². The average Bonchev–Trinajstić information content (AvgIpc) is 3.65. The molecule has 2 aromatic carbocycles. The van der Waals surface area contributed by atoms with Crippen molar-refractivity contribution < 1.29 is 14.3 Å². The minimum absolute atomic E-state index is 0.0789. The molecule has 31 heavy (non-hydrogen) atoms. The molecule has 0 atom stereocenters. The minimum Gasteiger partial charge on any atom is -0.496 e. The number of rotatable bonds is 7. The third-order valence-corrected chi connectivity index (χ3v) is 6.04. The van der Waals surface area contributed by atoms with E-state index in [1.165, 1.54) is 12.8 Å². The highest BCUT2D eigenvalue weighted by atomic mass is 16.5. The number of nitrogens with zero attached hydrogens (tertiary/aromatic N) is 1. The number of carbonyl (C=O) groups excluding carboxylic acids is 2. The molecule has 1 aliphatic carbocycles. The van der Waals surface area contributed by atoms with E-state index in [9.17, 15) is 9.59 Å². The SMILES string of the molecule is COc1ccccc1CNC(=O)c1ccc(NC(=O)C2CC2)cc1N1CCCCCC1. The maximum Gasteiger partial charge on any atom is 0.253 e. The molecule has 2 aliphatic rings. The number of anilines is 2. The fourth-order valence-corrected chi connectivity index (χ4v) is 4.08. The summed E-state index contributed by atoms with van der Waals surface area (Å²) in [5, 5.41) is 6.06. The predicted octanol–water partition coefficient (Wildman–Crippen LogP) is 4.35. The van der Waals surface area contributed by atoms with Crippen molar-refractivity contribution in [2.45, 2.75) is 45.1 Å². The first-order chi connectivity index (χ1) is 15.2. The second kappa shape index (κ2) is 9.86. The normalized spacial score (nSPS) is 16.4. The molecule has 2 aromatic rings. The van der Waals surface area contributed by atoms with Gasteiger partial charge in [-0.1, -0.05) is 31.0 Å². The molecule has 0 spiro atoms. The summed E-state index contributed by atoms with van der Waals surface area (Å²) in [7, 11) is 1.63. The number of benzene rings is 2. The van der Waals surface area contributed by atoms with Gasteiger partial charge < -0.3 is 20.3 Å². The summed E-state index contributed by atoms with van der Waals surface area (Å²) in [4.78, 5) is 27.7. The van der Waals surface area contributed by atoms with Crippen molar-refractivity contribution in [2.75, 3.05) is 30.4 Å². The molecular formula is C25H31N3O3. The van der Waals surface area contributed by atoms with Gasteiger partial charge in [0.05, 0.1) is 18.4 Å². The Hall–Kier alpha value is -3.02. The van der Waals surface area contributed by atoms with Crippen LogP contribution in [0, 0.1) is 5.92 Å². The smallest absolute Gasteiger partial charge is 0.253 e. The van der Waals surface area contributed by atoms with E-state index in [2.05, 4.69) is 15.5 Å². The lowest BCUT2D eigenvalue weighted by Crippen LogP contribution is -2.30. The van der Waals surface area contributed by atoms with E-state index in [1.54, 1.807) is 7.11 Å². The summed E-state index contributed by atoms with van der Waals surface area (Å²) in [6, 6.07) is 13.3. The molecule has 0 aromatic heterocycles. The van der Waals surface area contributed by atoms with E-state index in [-0.39, 0.29) is 17.7 Å². The zero-order chi connectivity index (χ0) is 21.6. The third-order valence-electron chi connectivity index (χ3n) is 6.04. The van der Waals surface area contributed by atoms with E-state index in [1.807, 2.05) is 42.5 Å². The Labute approximate surface area is 184 Å². The van der Waals surface area contributed by atoms with Gasteiger partial charge in [-0.25, -0.2) is 0 Å². The Morgan fingerprint density at radius 1 is 1.03 bits per heavy atom. The van der Waals surface area contributed by atoms with Crippen LogP contribution in [-0.4, -0.2) is 32.0 Å². The van der Waals surface area contributed by atoms with Crippen molar-refractivity contribution in [2.24, 2.45) is 5.92 Å². The summed E-state index contributed by atoms with van der Waals surface area (Å²) in [5.74, 6) is 0.861. The molecule has 2 N–H and O–H groups in total. The number of ether oxygens (including phenoxy) is 1. The van der Waals surface area contributed by atoms with Gasteiger partial charge in [0.15, 0.2) is 0 Å². The zero-order valence-corrected chi connectivity index (χ0v) is 18.2. The number of hydrogen-bond donors (Lipinski definition) is 2. The van der Waals surface area contributed by atoms with Crippen molar-refractivity contribution in [1.82, 2.24) is 5.32 Å². The summed E-state index contributed by atoms with van der Waals surface area (Å²) in [5.41, 5.74) is 3.23. The van der Waals surface area contributed by atoms with Crippen LogP contribution in [0.3, 0.4) is 0 Å². The predicted molar refractivity (Wildman–Crippen MR) is 123 cm³/mol. The van der Waals surface area contributed by atoms with Gasteiger partial charge in [0.1, 0.15) is 5.75 Å². The largest absolute Gasteiger partial charge is 0.496 e. The maximum absolute atomic E-state index is 13.2. The maximum atomic E-state index is 13.2. The molecule has 6 nitrogen and oxygen atoms in total. The molecule has 1 heterocycles. The Morgan fingerprint density at radius 2 is 1.77 bits per heavy atom. The average molecular weight is 422 g/mol. The van der Waals surface area contributed by atoms with Gasteiger partial charge in [0.2, 0.25) is 5.91 Å². The van der Waals surface area contributed by atoms with E-state index in [0.29, 0.717) is 12.1 Å². The van der Waals surface area contributed by atoms with Crippen molar-refractivity contribution >= 4 is 23.2 Å². The topological polar surface area (TPSA) is 70.7 Å². The number of amides is 2. The van der Waals surface area contributed by atoms with Gasteiger partial charge in [-0.2, -0.15) is 0 Å². The van der Waals surface area contributed by atoms with Crippen LogP contribution in [0.1, 0.15) is 54.4 Å². The molecule has 0 bridgehead atoms. The van der Waals surface area contributed by atoms with E-state index in [4.69, 9.17) is 4.74 Å². The Morgan fingerprint density at radius 3 is 2.48 bits per heavy atom. The van der Waals surface area contributed by atoms with Gasteiger partial charge >= 0.3 is 0 Å². The first-order valence-electron chi connectivity index (χ1n) is 11.3. The molecule has 1 saturated carbocycles.